The molecule has 0 bridgehead atoms. The third-order valence-electron chi connectivity index (χ3n) is 2.69. The summed E-state index contributed by atoms with van der Waals surface area (Å²) in [6.07, 6.45) is 2.13. The Labute approximate surface area is 119 Å². The van der Waals surface area contributed by atoms with Crippen LogP contribution in [0, 0.1) is 12.8 Å². The predicted molar refractivity (Wildman–Crippen MR) is 81.9 cm³/mol. The second kappa shape index (κ2) is 7.19. The quantitative estimate of drug-likeness (QED) is 0.803. The minimum atomic E-state index is 0.285. The molecule has 0 aliphatic rings. The Bertz CT molecular complexity index is 396. The first kappa shape index (κ1) is 15.6. The van der Waals surface area contributed by atoms with E-state index < -0.39 is 0 Å². The van der Waals surface area contributed by atoms with Crippen molar-refractivity contribution in [1.82, 2.24) is 9.97 Å². The van der Waals surface area contributed by atoms with Crippen LogP contribution in [-0.2, 0) is 0 Å². The van der Waals surface area contributed by atoms with Gasteiger partial charge in [-0.05, 0) is 24.9 Å². The van der Waals surface area contributed by atoms with Crippen molar-refractivity contribution in [3.63, 3.8) is 0 Å². The van der Waals surface area contributed by atoms with Crippen molar-refractivity contribution in [2.75, 3.05) is 23.9 Å². The lowest BCUT2D eigenvalue weighted by molar-refractivity contribution is 0.695. The van der Waals surface area contributed by atoms with E-state index in [4.69, 9.17) is 11.6 Å². The van der Waals surface area contributed by atoms with Crippen molar-refractivity contribution in [1.29, 1.82) is 0 Å². The Morgan fingerprint density at radius 2 is 1.94 bits per heavy atom. The fourth-order valence-electron chi connectivity index (χ4n) is 1.55. The number of halogens is 1. The molecule has 0 saturated carbocycles. The van der Waals surface area contributed by atoms with Gasteiger partial charge >= 0.3 is 0 Å². The van der Waals surface area contributed by atoms with Gasteiger partial charge in [0.2, 0.25) is 0 Å². The van der Waals surface area contributed by atoms with Gasteiger partial charge in [-0.1, -0.05) is 32.4 Å². The number of hydrogen-bond acceptors (Lipinski definition) is 4. The van der Waals surface area contributed by atoms with Gasteiger partial charge in [-0.3, -0.25) is 0 Å². The summed E-state index contributed by atoms with van der Waals surface area (Å²) in [5.41, 5.74) is 0.928. The van der Waals surface area contributed by atoms with Crippen LogP contribution in [0.15, 0.2) is 0 Å². The zero-order valence-electron chi connectivity index (χ0n) is 11.7. The first-order chi connectivity index (χ1) is 8.45. The van der Waals surface area contributed by atoms with Crippen molar-refractivity contribution < 1.29 is 0 Å². The van der Waals surface area contributed by atoms with Gasteiger partial charge in [0.05, 0.1) is 0 Å². The van der Waals surface area contributed by atoms with Crippen LogP contribution in [0.25, 0.3) is 0 Å². The first-order valence-corrected chi connectivity index (χ1v) is 7.99. The predicted octanol–water partition coefficient (Wildman–Crippen LogP) is 3.97. The third kappa shape index (κ3) is 4.32. The third-order valence-corrected chi connectivity index (χ3v) is 3.96. The summed E-state index contributed by atoms with van der Waals surface area (Å²) < 4.78 is 0. The van der Waals surface area contributed by atoms with Gasteiger partial charge in [-0.15, -0.1) is 0 Å². The van der Waals surface area contributed by atoms with Crippen LogP contribution in [0.4, 0.5) is 5.82 Å². The number of nitrogens with zero attached hydrogens (tertiary/aromatic N) is 2. The fraction of sp³-hybridized carbons (Fsp3) is 0.692. The number of anilines is 1. The van der Waals surface area contributed by atoms with Gasteiger partial charge in [0.1, 0.15) is 16.8 Å². The van der Waals surface area contributed by atoms with Gasteiger partial charge in [0, 0.05) is 18.0 Å². The lowest BCUT2D eigenvalue weighted by atomic mass is 10.2. The van der Waals surface area contributed by atoms with Crippen molar-refractivity contribution >= 4 is 29.2 Å². The topological polar surface area (TPSA) is 37.8 Å². The molecule has 5 heteroatoms. The Hall–Kier alpha value is -0.480. The Morgan fingerprint density at radius 1 is 1.28 bits per heavy atom. The maximum atomic E-state index is 6.14. The van der Waals surface area contributed by atoms with Gasteiger partial charge in [-0.25, -0.2) is 9.97 Å². The number of thioether (sulfide) groups is 1. The summed E-state index contributed by atoms with van der Waals surface area (Å²) in [4.78, 5) is 8.86. The second-order valence-corrected chi connectivity index (χ2v) is 6.21. The molecule has 1 heterocycles. The smallest absolute Gasteiger partial charge is 0.137 e. The van der Waals surface area contributed by atoms with E-state index in [0.717, 1.165) is 29.5 Å². The highest BCUT2D eigenvalue weighted by Crippen LogP contribution is 2.23. The van der Waals surface area contributed by atoms with Gasteiger partial charge in [0.15, 0.2) is 0 Å². The van der Waals surface area contributed by atoms with Gasteiger partial charge < -0.3 is 5.32 Å². The standard InChI is InChI=1S/C13H22ClN3S/c1-8(2)12-16-11(14)10(4)13(17-12)15-6-9(3)7-18-5/h8-9H,6-7H2,1-5H3,(H,15,16,17). The molecule has 1 aromatic rings. The molecule has 1 N–H and O–H groups in total. The zero-order valence-corrected chi connectivity index (χ0v) is 13.3. The average molecular weight is 288 g/mol. The lowest BCUT2D eigenvalue weighted by Crippen LogP contribution is -2.16. The number of aromatic nitrogens is 2. The highest BCUT2D eigenvalue weighted by Gasteiger charge is 2.12. The highest BCUT2D eigenvalue weighted by atomic mass is 35.5. The summed E-state index contributed by atoms with van der Waals surface area (Å²) in [6, 6.07) is 0. The van der Waals surface area contributed by atoms with E-state index in [1.54, 1.807) is 0 Å². The summed E-state index contributed by atoms with van der Waals surface area (Å²) >= 11 is 8.01. The molecule has 0 aromatic carbocycles. The molecule has 3 nitrogen and oxygen atoms in total. The molecular formula is C13H22ClN3S. The maximum Gasteiger partial charge on any atom is 0.137 e. The summed E-state index contributed by atoms with van der Waals surface area (Å²) in [5, 5.41) is 3.93. The summed E-state index contributed by atoms with van der Waals surface area (Å²) in [7, 11) is 0. The van der Waals surface area contributed by atoms with Crippen molar-refractivity contribution in [3.05, 3.63) is 16.5 Å². The number of hydrogen-bond donors (Lipinski definition) is 1. The van der Waals surface area contributed by atoms with Crippen LogP contribution < -0.4 is 5.32 Å². The van der Waals surface area contributed by atoms with E-state index in [1.165, 1.54) is 0 Å². The molecule has 0 amide bonds. The van der Waals surface area contributed by atoms with E-state index in [0.29, 0.717) is 11.1 Å². The van der Waals surface area contributed by atoms with E-state index in [1.807, 2.05) is 18.7 Å². The molecular weight excluding hydrogens is 266 g/mol. The normalized spacial score (nSPS) is 12.8. The molecule has 102 valence electrons. The molecule has 1 rings (SSSR count). The summed E-state index contributed by atoms with van der Waals surface area (Å²) in [5.74, 6) is 3.70. The van der Waals surface area contributed by atoms with Crippen LogP contribution >= 0.6 is 23.4 Å². The molecule has 0 fully saturated rings. The fourth-order valence-corrected chi connectivity index (χ4v) is 2.41. The van der Waals surface area contributed by atoms with Crippen molar-refractivity contribution in [3.8, 4) is 0 Å². The van der Waals surface area contributed by atoms with Crippen molar-refractivity contribution in [2.24, 2.45) is 5.92 Å². The lowest BCUT2D eigenvalue weighted by Gasteiger charge is -2.15. The monoisotopic (exact) mass is 287 g/mol. The minimum Gasteiger partial charge on any atom is -0.369 e. The maximum absolute atomic E-state index is 6.14. The van der Waals surface area contributed by atoms with E-state index in [9.17, 15) is 0 Å². The van der Waals surface area contributed by atoms with Crippen LogP contribution in [0.1, 0.15) is 38.1 Å². The van der Waals surface area contributed by atoms with Gasteiger partial charge in [-0.2, -0.15) is 11.8 Å². The van der Waals surface area contributed by atoms with E-state index in [-0.39, 0.29) is 5.92 Å². The Kier molecular flexibility index (Phi) is 6.22. The van der Waals surface area contributed by atoms with Crippen LogP contribution in [0.2, 0.25) is 5.15 Å². The second-order valence-electron chi connectivity index (χ2n) is 4.94. The number of rotatable bonds is 6. The van der Waals surface area contributed by atoms with Crippen molar-refractivity contribution in [2.45, 2.75) is 33.6 Å². The molecule has 0 spiro atoms. The molecule has 1 aromatic heterocycles. The number of nitrogens with one attached hydrogen (secondary N) is 1. The van der Waals surface area contributed by atoms with E-state index in [2.05, 4.69) is 42.3 Å². The zero-order chi connectivity index (χ0) is 13.7. The molecule has 1 unspecified atom stereocenters. The summed E-state index contributed by atoms with van der Waals surface area (Å²) in [6.45, 7) is 9.23. The largest absolute Gasteiger partial charge is 0.369 e. The van der Waals surface area contributed by atoms with Crippen LogP contribution in [-0.4, -0.2) is 28.5 Å². The van der Waals surface area contributed by atoms with Gasteiger partial charge in [0.25, 0.3) is 0 Å². The SMILES string of the molecule is CSCC(C)CNc1nc(C(C)C)nc(Cl)c1C. The minimum absolute atomic E-state index is 0.285. The Balaban J connectivity index is 2.81. The molecule has 18 heavy (non-hydrogen) atoms. The highest BCUT2D eigenvalue weighted by molar-refractivity contribution is 7.98. The molecule has 0 saturated heterocycles. The molecule has 0 aliphatic heterocycles. The van der Waals surface area contributed by atoms with Crippen LogP contribution in [0.5, 0.6) is 0 Å². The average Bonchev–Trinajstić information content (AvgIpc) is 2.31. The molecule has 0 aliphatic carbocycles. The Morgan fingerprint density at radius 3 is 2.50 bits per heavy atom. The van der Waals surface area contributed by atoms with E-state index >= 15 is 0 Å². The molecule has 0 radical (unpaired) electrons. The van der Waals surface area contributed by atoms with Crippen LogP contribution in [0.3, 0.4) is 0 Å². The molecule has 1 atom stereocenters. The first-order valence-electron chi connectivity index (χ1n) is 6.22.